The van der Waals surface area contributed by atoms with Gasteiger partial charge in [-0.25, -0.2) is 9.37 Å². The standard InChI is InChI=1S/C23H26FN5O2.H2S/c1-15-3-9-18(10-4-15)26-21-20(16-5-7-17(24)8-6-16)27-19-13-28(11-12-29(19)21)22(31)23(2,25)14-30;/h3-10,26,30H,11-14,25H2,1-2H3;1H2/t23-;/m0./s1. The van der Waals surface area contributed by atoms with Gasteiger partial charge in [0.05, 0.1) is 13.2 Å². The Hall–Kier alpha value is -2.88. The second-order valence-electron chi connectivity index (χ2n) is 8.18. The van der Waals surface area contributed by atoms with E-state index in [1.54, 1.807) is 17.0 Å². The second-order valence-corrected chi connectivity index (χ2v) is 8.18. The van der Waals surface area contributed by atoms with Crippen molar-refractivity contribution in [1.82, 2.24) is 14.5 Å². The molecule has 7 nitrogen and oxygen atoms in total. The van der Waals surface area contributed by atoms with Gasteiger partial charge < -0.3 is 25.6 Å². The molecular formula is C23H28FN5O2S. The van der Waals surface area contributed by atoms with Gasteiger partial charge in [-0.3, -0.25) is 4.79 Å². The predicted molar refractivity (Wildman–Crippen MR) is 128 cm³/mol. The van der Waals surface area contributed by atoms with Crippen molar-refractivity contribution in [2.45, 2.75) is 32.5 Å². The minimum atomic E-state index is -1.34. The van der Waals surface area contributed by atoms with Crippen molar-refractivity contribution in [3.63, 3.8) is 0 Å². The van der Waals surface area contributed by atoms with Crippen LogP contribution in [0, 0.1) is 12.7 Å². The van der Waals surface area contributed by atoms with Crippen LogP contribution in [0.15, 0.2) is 48.5 Å². The molecule has 1 aromatic heterocycles. The van der Waals surface area contributed by atoms with E-state index in [2.05, 4.69) is 5.32 Å². The summed E-state index contributed by atoms with van der Waals surface area (Å²) < 4.78 is 15.5. The number of halogens is 1. The van der Waals surface area contributed by atoms with Gasteiger partial charge in [0.1, 0.15) is 28.7 Å². The first-order valence-corrected chi connectivity index (χ1v) is 10.2. The number of nitrogens with zero attached hydrogens (tertiary/aromatic N) is 3. The van der Waals surface area contributed by atoms with Crippen LogP contribution < -0.4 is 11.1 Å². The average Bonchev–Trinajstić information content (AvgIpc) is 3.12. The Morgan fingerprint density at radius 1 is 1.19 bits per heavy atom. The number of aliphatic hydroxyl groups is 1. The molecular weight excluding hydrogens is 429 g/mol. The zero-order valence-corrected chi connectivity index (χ0v) is 19.1. The summed E-state index contributed by atoms with van der Waals surface area (Å²) in [6.07, 6.45) is 0. The van der Waals surface area contributed by atoms with Gasteiger partial charge in [0.25, 0.3) is 0 Å². The third-order valence-corrected chi connectivity index (χ3v) is 5.51. The van der Waals surface area contributed by atoms with Crippen molar-refractivity contribution in [3.8, 4) is 11.3 Å². The quantitative estimate of drug-likeness (QED) is 0.548. The number of anilines is 2. The molecule has 0 saturated heterocycles. The first-order chi connectivity index (χ1) is 14.8. The van der Waals surface area contributed by atoms with Crippen molar-refractivity contribution in [2.75, 3.05) is 18.5 Å². The van der Waals surface area contributed by atoms with E-state index in [4.69, 9.17) is 10.7 Å². The number of amides is 1. The molecule has 2 heterocycles. The molecule has 0 aliphatic carbocycles. The molecule has 0 saturated carbocycles. The third kappa shape index (κ3) is 4.64. The maximum absolute atomic E-state index is 13.5. The zero-order chi connectivity index (χ0) is 22.2. The Bertz CT molecular complexity index is 1100. The SMILES string of the molecule is Cc1ccc(Nc2c(-c3ccc(F)cc3)nc3n2CCN(C(=O)[C@@](C)(N)CO)C3)cc1.S. The van der Waals surface area contributed by atoms with Gasteiger partial charge in [0.2, 0.25) is 5.91 Å². The van der Waals surface area contributed by atoms with Crippen LogP contribution >= 0.6 is 13.5 Å². The number of carbonyl (C=O) groups excluding carboxylic acids is 1. The lowest BCUT2D eigenvalue weighted by Crippen LogP contribution is -2.57. The molecule has 0 radical (unpaired) electrons. The molecule has 170 valence electrons. The number of hydrogen-bond acceptors (Lipinski definition) is 5. The van der Waals surface area contributed by atoms with Gasteiger partial charge >= 0.3 is 0 Å². The summed E-state index contributed by atoms with van der Waals surface area (Å²) in [7, 11) is 0. The lowest BCUT2D eigenvalue weighted by atomic mass is 10.0. The Morgan fingerprint density at radius 3 is 2.47 bits per heavy atom. The molecule has 9 heteroatoms. The molecule has 1 aliphatic heterocycles. The summed E-state index contributed by atoms with van der Waals surface area (Å²) in [6.45, 7) is 4.35. The molecule has 4 rings (SSSR count). The second kappa shape index (κ2) is 9.32. The number of carbonyl (C=O) groups is 1. The van der Waals surface area contributed by atoms with Crippen LogP contribution in [0.2, 0.25) is 0 Å². The molecule has 1 amide bonds. The molecule has 1 atom stereocenters. The van der Waals surface area contributed by atoms with Gasteiger partial charge in [0.15, 0.2) is 0 Å². The average molecular weight is 458 g/mol. The molecule has 0 fully saturated rings. The van der Waals surface area contributed by atoms with E-state index < -0.39 is 12.1 Å². The van der Waals surface area contributed by atoms with Crippen LogP contribution in [0.3, 0.4) is 0 Å². The van der Waals surface area contributed by atoms with Crippen molar-refractivity contribution >= 4 is 30.9 Å². The van der Waals surface area contributed by atoms with Gasteiger partial charge in [-0.05, 0) is 50.2 Å². The van der Waals surface area contributed by atoms with E-state index in [-0.39, 0.29) is 31.8 Å². The molecule has 32 heavy (non-hydrogen) atoms. The fourth-order valence-corrected chi connectivity index (χ4v) is 3.64. The van der Waals surface area contributed by atoms with Crippen LogP contribution in [-0.2, 0) is 17.9 Å². The van der Waals surface area contributed by atoms with Gasteiger partial charge in [-0.15, -0.1) is 0 Å². The lowest BCUT2D eigenvalue weighted by Gasteiger charge is -2.33. The Kier molecular flexibility index (Phi) is 6.92. The largest absolute Gasteiger partial charge is 0.394 e. The fraction of sp³-hybridized carbons (Fsp3) is 0.304. The molecule has 0 spiro atoms. The molecule has 0 unspecified atom stereocenters. The van der Waals surface area contributed by atoms with Crippen molar-refractivity contribution in [1.29, 1.82) is 0 Å². The van der Waals surface area contributed by atoms with E-state index in [0.29, 0.717) is 24.6 Å². The zero-order valence-electron chi connectivity index (χ0n) is 18.1. The van der Waals surface area contributed by atoms with Gasteiger partial charge in [-0.1, -0.05) is 17.7 Å². The van der Waals surface area contributed by atoms with Crippen molar-refractivity contribution in [3.05, 3.63) is 65.7 Å². The van der Waals surface area contributed by atoms with Gasteiger partial charge in [-0.2, -0.15) is 13.5 Å². The highest BCUT2D eigenvalue weighted by Crippen LogP contribution is 2.33. The third-order valence-electron chi connectivity index (χ3n) is 5.51. The number of nitrogens with two attached hydrogens (primary N) is 1. The number of hydrogen-bond donors (Lipinski definition) is 3. The van der Waals surface area contributed by atoms with Crippen LogP contribution in [0.25, 0.3) is 11.3 Å². The molecule has 3 aromatic rings. The topological polar surface area (TPSA) is 96.4 Å². The Morgan fingerprint density at radius 2 is 1.84 bits per heavy atom. The number of nitrogens with one attached hydrogen (secondary N) is 1. The molecule has 2 aromatic carbocycles. The summed E-state index contributed by atoms with van der Waals surface area (Å²) in [5.41, 5.74) is 8.13. The Balaban J connectivity index is 0.00000289. The van der Waals surface area contributed by atoms with Crippen LogP contribution in [0.4, 0.5) is 15.9 Å². The van der Waals surface area contributed by atoms with E-state index in [0.717, 1.165) is 22.6 Å². The number of imidazole rings is 1. The summed E-state index contributed by atoms with van der Waals surface area (Å²) in [5, 5.41) is 12.9. The summed E-state index contributed by atoms with van der Waals surface area (Å²) in [5.74, 6) is 0.849. The summed E-state index contributed by atoms with van der Waals surface area (Å²) in [6, 6.07) is 14.2. The number of aryl methyl sites for hydroxylation is 1. The predicted octanol–water partition coefficient (Wildman–Crippen LogP) is 2.91. The van der Waals surface area contributed by atoms with E-state index in [9.17, 15) is 14.3 Å². The van der Waals surface area contributed by atoms with Crippen molar-refractivity contribution < 1.29 is 14.3 Å². The lowest BCUT2D eigenvalue weighted by molar-refractivity contribution is -0.139. The molecule has 4 N–H and O–H groups in total. The highest BCUT2D eigenvalue weighted by molar-refractivity contribution is 7.59. The monoisotopic (exact) mass is 457 g/mol. The maximum atomic E-state index is 13.5. The normalized spacial score (nSPS) is 14.8. The van der Waals surface area contributed by atoms with E-state index >= 15 is 0 Å². The van der Waals surface area contributed by atoms with Gasteiger partial charge in [0, 0.05) is 24.3 Å². The smallest absolute Gasteiger partial charge is 0.245 e. The minimum absolute atomic E-state index is 0. The van der Waals surface area contributed by atoms with E-state index in [1.807, 2.05) is 35.8 Å². The number of aromatic nitrogens is 2. The fourth-order valence-electron chi connectivity index (χ4n) is 3.64. The first-order valence-electron chi connectivity index (χ1n) is 10.2. The number of rotatable bonds is 5. The molecule has 1 aliphatic rings. The number of fused-ring (bicyclic) bond motifs is 1. The summed E-state index contributed by atoms with van der Waals surface area (Å²) in [4.78, 5) is 19.1. The van der Waals surface area contributed by atoms with Crippen LogP contribution in [0.5, 0.6) is 0 Å². The first kappa shape index (κ1) is 23.8. The van der Waals surface area contributed by atoms with Crippen molar-refractivity contribution in [2.24, 2.45) is 5.73 Å². The number of aliphatic hydroxyl groups excluding tert-OH is 1. The maximum Gasteiger partial charge on any atom is 0.245 e. The minimum Gasteiger partial charge on any atom is -0.394 e. The highest BCUT2D eigenvalue weighted by atomic mass is 32.1. The Labute approximate surface area is 193 Å². The highest BCUT2D eigenvalue weighted by Gasteiger charge is 2.35. The van der Waals surface area contributed by atoms with Crippen LogP contribution in [0.1, 0.15) is 18.3 Å². The summed E-state index contributed by atoms with van der Waals surface area (Å²) >= 11 is 0. The number of benzene rings is 2. The van der Waals surface area contributed by atoms with Crippen LogP contribution in [-0.4, -0.2) is 44.2 Å². The van der Waals surface area contributed by atoms with E-state index in [1.165, 1.54) is 19.1 Å². The molecule has 0 bridgehead atoms.